The highest BCUT2D eigenvalue weighted by atomic mass is 32.1. The van der Waals surface area contributed by atoms with Crippen LogP contribution in [0.25, 0.3) is 22.5 Å². The first-order chi connectivity index (χ1) is 11.3. The summed E-state index contributed by atoms with van der Waals surface area (Å²) in [5, 5.41) is 14.6. The van der Waals surface area contributed by atoms with Crippen LogP contribution in [0, 0.1) is 0 Å². The van der Waals surface area contributed by atoms with Gasteiger partial charge in [0.05, 0.1) is 13.2 Å². The molecule has 23 heavy (non-hydrogen) atoms. The van der Waals surface area contributed by atoms with Gasteiger partial charge in [0.2, 0.25) is 5.88 Å². The zero-order chi connectivity index (χ0) is 15.8. The Bertz CT molecular complexity index is 806. The second kappa shape index (κ2) is 5.83. The third-order valence-electron chi connectivity index (χ3n) is 4.25. The summed E-state index contributed by atoms with van der Waals surface area (Å²) in [5.74, 6) is 2.30. The first-order valence-electron chi connectivity index (χ1n) is 7.64. The molecule has 4 rings (SSSR count). The Morgan fingerprint density at radius 3 is 2.91 bits per heavy atom. The number of rotatable bonds is 3. The SMILES string of the molecule is COc1ccc(-c2c(-c3ccsc3)oc3c2C(O)CCC3)cn1. The van der Waals surface area contributed by atoms with Crippen LogP contribution in [0.15, 0.2) is 39.6 Å². The van der Waals surface area contributed by atoms with Crippen LogP contribution in [-0.2, 0) is 6.42 Å². The number of hydrogen-bond acceptors (Lipinski definition) is 5. The fourth-order valence-corrected chi connectivity index (χ4v) is 3.80. The van der Waals surface area contributed by atoms with Gasteiger partial charge in [-0.2, -0.15) is 11.3 Å². The zero-order valence-corrected chi connectivity index (χ0v) is 13.6. The fraction of sp³-hybridized carbons (Fsp3) is 0.278. The van der Waals surface area contributed by atoms with Crippen LogP contribution in [0.2, 0.25) is 0 Å². The third-order valence-corrected chi connectivity index (χ3v) is 4.94. The van der Waals surface area contributed by atoms with Crippen molar-refractivity contribution >= 4 is 11.3 Å². The average Bonchev–Trinajstić information content (AvgIpc) is 3.23. The standard InChI is InChI=1S/C18H17NO3S/c1-21-15-6-5-11(9-19-15)16-17-13(20)3-2-4-14(17)22-18(16)12-7-8-23-10-12/h5-10,13,20H,2-4H2,1H3. The van der Waals surface area contributed by atoms with Gasteiger partial charge in [-0.05, 0) is 30.4 Å². The molecule has 0 bridgehead atoms. The van der Waals surface area contributed by atoms with Gasteiger partial charge in [0.15, 0.2) is 0 Å². The number of hydrogen-bond donors (Lipinski definition) is 1. The lowest BCUT2D eigenvalue weighted by Gasteiger charge is -2.17. The average molecular weight is 327 g/mol. The summed E-state index contributed by atoms with van der Waals surface area (Å²) >= 11 is 1.63. The first-order valence-corrected chi connectivity index (χ1v) is 8.59. The second-order valence-corrected chi connectivity index (χ2v) is 6.43. The van der Waals surface area contributed by atoms with E-state index < -0.39 is 6.10 Å². The summed E-state index contributed by atoms with van der Waals surface area (Å²) < 4.78 is 11.3. The highest BCUT2D eigenvalue weighted by Gasteiger charge is 2.30. The van der Waals surface area contributed by atoms with Crippen LogP contribution in [-0.4, -0.2) is 17.2 Å². The number of nitrogens with zero attached hydrogens (tertiary/aromatic N) is 1. The summed E-state index contributed by atoms with van der Waals surface area (Å²) in [6, 6.07) is 5.84. The van der Waals surface area contributed by atoms with Gasteiger partial charge in [-0.25, -0.2) is 4.98 Å². The van der Waals surface area contributed by atoms with E-state index in [9.17, 15) is 5.11 Å². The van der Waals surface area contributed by atoms with Crippen LogP contribution >= 0.6 is 11.3 Å². The lowest BCUT2D eigenvalue weighted by molar-refractivity contribution is 0.153. The van der Waals surface area contributed by atoms with Gasteiger partial charge in [0.25, 0.3) is 0 Å². The minimum atomic E-state index is -0.480. The van der Waals surface area contributed by atoms with Gasteiger partial charge < -0.3 is 14.3 Å². The lowest BCUT2D eigenvalue weighted by Crippen LogP contribution is -2.07. The maximum atomic E-state index is 10.5. The lowest BCUT2D eigenvalue weighted by atomic mass is 9.89. The number of fused-ring (bicyclic) bond motifs is 1. The molecule has 1 aliphatic carbocycles. The van der Waals surface area contributed by atoms with Crippen LogP contribution in [0.3, 0.4) is 0 Å². The monoisotopic (exact) mass is 327 g/mol. The Labute approximate surface area is 138 Å². The van der Waals surface area contributed by atoms with Gasteiger partial charge in [0.1, 0.15) is 11.5 Å². The smallest absolute Gasteiger partial charge is 0.212 e. The molecule has 5 heteroatoms. The van der Waals surface area contributed by atoms with Crippen molar-refractivity contribution in [1.82, 2.24) is 4.98 Å². The largest absolute Gasteiger partial charge is 0.481 e. The van der Waals surface area contributed by atoms with E-state index in [-0.39, 0.29) is 0 Å². The minimum absolute atomic E-state index is 0.480. The molecule has 118 valence electrons. The van der Waals surface area contributed by atoms with E-state index in [1.54, 1.807) is 24.6 Å². The number of aryl methyl sites for hydroxylation is 1. The third kappa shape index (κ3) is 2.46. The molecule has 1 N–H and O–H groups in total. The van der Waals surface area contributed by atoms with Crippen molar-refractivity contribution in [3.05, 3.63) is 46.5 Å². The minimum Gasteiger partial charge on any atom is -0.481 e. The molecular formula is C18H17NO3S. The molecule has 0 radical (unpaired) electrons. The molecule has 1 unspecified atom stereocenters. The Morgan fingerprint density at radius 1 is 1.30 bits per heavy atom. The van der Waals surface area contributed by atoms with Crippen molar-refractivity contribution in [2.45, 2.75) is 25.4 Å². The normalized spacial score (nSPS) is 17.0. The van der Waals surface area contributed by atoms with Crippen molar-refractivity contribution < 1.29 is 14.3 Å². The second-order valence-electron chi connectivity index (χ2n) is 5.65. The number of methoxy groups -OCH3 is 1. The predicted molar refractivity (Wildman–Crippen MR) is 89.7 cm³/mol. The molecule has 1 aliphatic rings. The van der Waals surface area contributed by atoms with Crippen molar-refractivity contribution in [3.63, 3.8) is 0 Å². The molecule has 0 saturated heterocycles. The van der Waals surface area contributed by atoms with E-state index in [1.165, 1.54) is 0 Å². The van der Waals surface area contributed by atoms with E-state index in [0.717, 1.165) is 53.0 Å². The topological polar surface area (TPSA) is 55.5 Å². The van der Waals surface area contributed by atoms with Gasteiger partial charge >= 0.3 is 0 Å². The predicted octanol–water partition coefficient (Wildman–Crippen LogP) is 4.45. The number of ether oxygens (including phenoxy) is 1. The van der Waals surface area contributed by atoms with Gasteiger partial charge in [-0.3, -0.25) is 0 Å². The first kappa shape index (κ1) is 14.5. The van der Waals surface area contributed by atoms with Crippen molar-refractivity contribution in [3.8, 4) is 28.3 Å². The summed E-state index contributed by atoms with van der Waals surface area (Å²) in [7, 11) is 1.60. The summed E-state index contributed by atoms with van der Waals surface area (Å²) in [4.78, 5) is 4.31. The van der Waals surface area contributed by atoms with E-state index in [0.29, 0.717) is 5.88 Å². The van der Waals surface area contributed by atoms with Crippen molar-refractivity contribution in [2.24, 2.45) is 0 Å². The van der Waals surface area contributed by atoms with Crippen LogP contribution in [0.1, 0.15) is 30.3 Å². The van der Waals surface area contributed by atoms with Gasteiger partial charge in [-0.15, -0.1) is 0 Å². The van der Waals surface area contributed by atoms with E-state index in [4.69, 9.17) is 9.15 Å². The molecule has 3 aromatic rings. The number of pyridine rings is 1. The summed E-state index contributed by atoms with van der Waals surface area (Å²) in [5.41, 5.74) is 3.87. The number of thiophene rings is 1. The van der Waals surface area contributed by atoms with Crippen LogP contribution in [0.5, 0.6) is 5.88 Å². The highest BCUT2D eigenvalue weighted by molar-refractivity contribution is 7.08. The summed E-state index contributed by atoms with van der Waals surface area (Å²) in [6.07, 6.45) is 3.89. The van der Waals surface area contributed by atoms with E-state index in [1.807, 2.05) is 23.6 Å². The van der Waals surface area contributed by atoms with Gasteiger partial charge in [-0.1, -0.05) is 0 Å². The Hall–Kier alpha value is -2.11. The molecule has 0 aliphatic heterocycles. The Morgan fingerprint density at radius 2 is 2.22 bits per heavy atom. The van der Waals surface area contributed by atoms with Crippen molar-refractivity contribution in [1.29, 1.82) is 0 Å². The number of aliphatic hydroxyl groups excluding tert-OH is 1. The fourth-order valence-electron chi connectivity index (χ4n) is 3.16. The number of aliphatic hydroxyl groups is 1. The highest BCUT2D eigenvalue weighted by Crippen LogP contribution is 2.45. The number of aromatic nitrogens is 1. The molecule has 0 amide bonds. The van der Waals surface area contributed by atoms with Crippen LogP contribution in [0.4, 0.5) is 0 Å². The Kier molecular flexibility index (Phi) is 3.67. The molecule has 3 heterocycles. The van der Waals surface area contributed by atoms with Crippen LogP contribution < -0.4 is 4.74 Å². The molecule has 0 spiro atoms. The molecular weight excluding hydrogens is 310 g/mol. The van der Waals surface area contributed by atoms with Gasteiger partial charge in [0, 0.05) is 46.3 Å². The zero-order valence-electron chi connectivity index (χ0n) is 12.8. The molecule has 4 nitrogen and oxygen atoms in total. The molecule has 3 aromatic heterocycles. The van der Waals surface area contributed by atoms with Crippen molar-refractivity contribution in [2.75, 3.05) is 7.11 Å². The molecule has 0 saturated carbocycles. The maximum absolute atomic E-state index is 10.5. The Balaban J connectivity index is 1.93. The number of furan rings is 1. The quantitative estimate of drug-likeness (QED) is 0.772. The van der Waals surface area contributed by atoms with E-state index in [2.05, 4.69) is 10.4 Å². The van der Waals surface area contributed by atoms with E-state index >= 15 is 0 Å². The molecule has 0 aromatic carbocycles. The molecule has 1 atom stereocenters. The molecule has 0 fully saturated rings. The summed E-state index contributed by atoms with van der Waals surface area (Å²) in [6.45, 7) is 0. The maximum Gasteiger partial charge on any atom is 0.212 e.